The second-order valence-electron chi connectivity index (χ2n) is 4.05. The zero-order valence-corrected chi connectivity index (χ0v) is 11.4. The van der Waals surface area contributed by atoms with Crippen LogP contribution in [0.3, 0.4) is 0 Å². The van der Waals surface area contributed by atoms with E-state index in [0.29, 0.717) is 6.42 Å². The molecule has 2 N–H and O–H groups in total. The Hall–Kier alpha value is -1.33. The number of benzene rings is 1. The molecular formula is C13H17ClFNO3. The van der Waals surface area contributed by atoms with Gasteiger partial charge in [-0.2, -0.15) is 0 Å². The lowest BCUT2D eigenvalue weighted by molar-refractivity contribution is -0.123. The SMILES string of the molecule is CCC(CCO)NC(=O)COc1ccc(F)cc1Cl. The topological polar surface area (TPSA) is 58.6 Å². The molecule has 1 atom stereocenters. The van der Waals surface area contributed by atoms with E-state index in [2.05, 4.69) is 5.32 Å². The van der Waals surface area contributed by atoms with Crippen molar-refractivity contribution in [3.05, 3.63) is 29.0 Å². The predicted molar refractivity (Wildman–Crippen MR) is 70.8 cm³/mol. The Morgan fingerprint density at radius 1 is 1.58 bits per heavy atom. The maximum absolute atomic E-state index is 12.8. The van der Waals surface area contributed by atoms with Gasteiger partial charge in [-0.15, -0.1) is 0 Å². The van der Waals surface area contributed by atoms with Crippen molar-refractivity contribution in [3.63, 3.8) is 0 Å². The molecule has 4 nitrogen and oxygen atoms in total. The smallest absolute Gasteiger partial charge is 0.258 e. The maximum atomic E-state index is 12.8. The second kappa shape index (κ2) is 7.96. The van der Waals surface area contributed by atoms with Gasteiger partial charge in [-0.25, -0.2) is 4.39 Å². The van der Waals surface area contributed by atoms with Crippen molar-refractivity contribution >= 4 is 17.5 Å². The molecule has 0 aliphatic heterocycles. The molecule has 0 bridgehead atoms. The van der Waals surface area contributed by atoms with E-state index in [1.807, 2.05) is 6.92 Å². The number of ether oxygens (including phenoxy) is 1. The van der Waals surface area contributed by atoms with Crippen LogP contribution in [0.1, 0.15) is 19.8 Å². The summed E-state index contributed by atoms with van der Waals surface area (Å²) in [5.74, 6) is -0.509. The van der Waals surface area contributed by atoms with Crippen LogP contribution in [-0.4, -0.2) is 30.3 Å². The molecule has 0 saturated heterocycles. The number of halogens is 2. The fraction of sp³-hybridized carbons (Fsp3) is 0.462. The maximum Gasteiger partial charge on any atom is 0.258 e. The van der Waals surface area contributed by atoms with Gasteiger partial charge < -0.3 is 15.2 Å². The first-order valence-electron chi connectivity index (χ1n) is 6.04. The molecule has 0 saturated carbocycles. The van der Waals surface area contributed by atoms with Crippen LogP contribution in [0, 0.1) is 5.82 Å². The van der Waals surface area contributed by atoms with Crippen molar-refractivity contribution in [1.29, 1.82) is 0 Å². The summed E-state index contributed by atoms with van der Waals surface area (Å²) in [6.07, 6.45) is 1.23. The van der Waals surface area contributed by atoms with E-state index in [-0.39, 0.29) is 35.9 Å². The standard InChI is InChI=1S/C13H17ClFNO3/c1-2-10(5-6-17)16-13(18)8-19-12-4-3-9(15)7-11(12)14/h3-4,7,10,17H,2,5-6,8H2,1H3,(H,16,18). The number of aliphatic hydroxyl groups excluding tert-OH is 1. The summed E-state index contributed by atoms with van der Waals surface area (Å²) in [4.78, 5) is 11.6. The first-order valence-corrected chi connectivity index (χ1v) is 6.42. The predicted octanol–water partition coefficient (Wildman–Crippen LogP) is 2.14. The summed E-state index contributed by atoms with van der Waals surface area (Å²) in [6.45, 7) is 1.73. The van der Waals surface area contributed by atoms with Crippen LogP contribution in [0.15, 0.2) is 18.2 Å². The molecule has 106 valence electrons. The van der Waals surface area contributed by atoms with E-state index in [9.17, 15) is 9.18 Å². The van der Waals surface area contributed by atoms with Crippen molar-refractivity contribution in [1.82, 2.24) is 5.32 Å². The van der Waals surface area contributed by atoms with Gasteiger partial charge in [0.1, 0.15) is 11.6 Å². The second-order valence-corrected chi connectivity index (χ2v) is 4.46. The number of carbonyl (C=O) groups excluding carboxylic acids is 1. The molecule has 1 aromatic rings. The summed E-state index contributed by atoms with van der Waals surface area (Å²) >= 11 is 5.77. The number of carbonyl (C=O) groups is 1. The third kappa shape index (κ3) is 5.44. The minimum atomic E-state index is -0.462. The molecule has 1 aromatic carbocycles. The van der Waals surface area contributed by atoms with Gasteiger partial charge in [0.25, 0.3) is 5.91 Å². The quantitative estimate of drug-likeness (QED) is 0.808. The zero-order valence-electron chi connectivity index (χ0n) is 10.7. The van der Waals surface area contributed by atoms with Gasteiger partial charge in [-0.05, 0) is 31.0 Å². The third-order valence-corrected chi connectivity index (χ3v) is 2.88. The lowest BCUT2D eigenvalue weighted by Crippen LogP contribution is -2.38. The molecule has 0 aliphatic carbocycles. The fourth-order valence-corrected chi connectivity index (χ4v) is 1.76. The molecule has 19 heavy (non-hydrogen) atoms. The van der Waals surface area contributed by atoms with Crippen LogP contribution in [0.2, 0.25) is 5.02 Å². The highest BCUT2D eigenvalue weighted by Gasteiger charge is 2.11. The summed E-state index contributed by atoms with van der Waals surface area (Å²) in [5, 5.41) is 11.7. The first-order chi connectivity index (χ1) is 9.06. The highest BCUT2D eigenvalue weighted by molar-refractivity contribution is 6.32. The fourth-order valence-electron chi connectivity index (χ4n) is 1.54. The minimum absolute atomic E-state index is 0.0173. The van der Waals surface area contributed by atoms with Crippen LogP contribution in [0.4, 0.5) is 4.39 Å². The molecule has 6 heteroatoms. The zero-order chi connectivity index (χ0) is 14.3. The molecule has 1 amide bonds. The molecule has 1 unspecified atom stereocenters. The van der Waals surface area contributed by atoms with Crippen molar-refractivity contribution < 1.29 is 19.0 Å². The Bertz CT molecular complexity index is 428. The van der Waals surface area contributed by atoms with Crippen molar-refractivity contribution in [2.75, 3.05) is 13.2 Å². The Morgan fingerprint density at radius 3 is 2.89 bits per heavy atom. The molecule has 0 aromatic heterocycles. The van der Waals surface area contributed by atoms with E-state index in [4.69, 9.17) is 21.4 Å². The Balaban J connectivity index is 2.45. The Labute approximate surface area is 116 Å². The molecule has 0 aliphatic rings. The summed E-state index contributed by atoms with van der Waals surface area (Å²) in [7, 11) is 0. The number of aliphatic hydroxyl groups is 1. The van der Waals surface area contributed by atoms with Crippen LogP contribution in [-0.2, 0) is 4.79 Å². The number of hydrogen-bond donors (Lipinski definition) is 2. The summed E-state index contributed by atoms with van der Waals surface area (Å²) < 4.78 is 18.0. The average Bonchev–Trinajstić information content (AvgIpc) is 2.37. The number of nitrogens with one attached hydrogen (secondary N) is 1. The molecular weight excluding hydrogens is 273 g/mol. The average molecular weight is 290 g/mol. The summed E-state index contributed by atoms with van der Waals surface area (Å²) in [6, 6.07) is 3.62. The molecule has 0 heterocycles. The highest BCUT2D eigenvalue weighted by atomic mass is 35.5. The van der Waals surface area contributed by atoms with Gasteiger partial charge in [0, 0.05) is 12.6 Å². The van der Waals surface area contributed by atoms with Gasteiger partial charge in [0.05, 0.1) is 5.02 Å². The van der Waals surface area contributed by atoms with Crippen molar-refractivity contribution in [3.8, 4) is 5.75 Å². The third-order valence-electron chi connectivity index (χ3n) is 2.59. The first kappa shape index (κ1) is 15.7. The summed E-state index contributed by atoms with van der Waals surface area (Å²) in [5.41, 5.74) is 0. The Morgan fingerprint density at radius 2 is 2.32 bits per heavy atom. The highest BCUT2D eigenvalue weighted by Crippen LogP contribution is 2.24. The van der Waals surface area contributed by atoms with Crippen LogP contribution in [0.25, 0.3) is 0 Å². The number of amides is 1. The number of hydrogen-bond acceptors (Lipinski definition) is 3. The monoisotopic (exact) mass is 289 g/mol. The molecule has 0 radical (unpaired) electrons. The van der Waals surface area contributed by atoms with E-state index in [0.717, 1.165) is 12.5 Å². The lowest BCUT2D eigenvalue weighted by atomic mass is 10.1. The van der Waals surface area contributed by atoms with Crippen LogP contribution in [0.5, 0.6) is 5.75 Å². The van der Waals surface area contributed by atoms with Crippen molar-refractivity contribution in [2.45, 2.75) is 25.8 Å². The van der Waals surface area contributed by atoms with Gasteiger partial charge in [0.15, 0.2) is 6.61 Å². The van der Waals surface area contributed by atoms with Crippen LogP contribution >= 0.6 is 11.6 Å². The Kier molecular flexibility index (Phi) is 6.59. The lowest BCUT2D eigenvalue weighted by Gasteiger charge is -2.16. The molecule has 0 spiro atoms. The van der Waals surface area contributed by atoms with E-state index >= 15 is 0 Å². The normalized spacial score (nSPS) is 12.0. The van der Waals surface area contributed by atoms with Gasteiger partial charge >= 0.3 is 0 Å². The van der Waals surface area contributed by atoms with E-state index < -0.39 is 5.82 Å². The minimum Gasteiger partial charge on any atom is -0.482 e. The van der Waals surface area contributed by atoms with Gasteiger partial charge in [0.2, 0.25) is 0 Å². The number of rotatable bonds is 7. The molecule has 0 fully saturated rings. The van der Waals surface area contributed by atoms with E-state index in [1.54, 1.807) is 0 Å². The van der Waals surface area contributed by atoms with Gasteiger partial charge in [-0.1, -0.05) is 18.5 Å². The van der Waals surface area contributed by atoms with Gasteiger partial charge in [-0.3, -0.25) is 4.79 Å². The largest absolute Gasteiger partial charge is 0.482 e. The van der Waals surface area contributed by atoms with Crippen molar-refractivity contribution in [2.24, 2.45) is 0 Å². The molecule has 1 rings (SSSR count). The van der Waals surface area contributed by atoms with Crippen LogP contribution < -0.4 is 10.1 Å². The van der Waals surface area contributed by atoms with E-state index in [1.165, 1.54) is 12.1 Å².